The maximum Gasteiger partial charge on any atom is 0.187 e. The zero-order valence-electron chi connectivity index (χ0n) is 16.1. The van der Waals surface area contributed by atoms with E-state index in [-0.39, 0.29) is 12.2 Å². The second-order valence-electron chi connectivity index (χ2n) is 8.02. The molecular weight excluding hydrogens is 356 g/mol. The summed E-state index contributed by atoms with van der Waals surface area (Å²) in [6.45, 7) is 6.40. The Hall–Kier alpha value is -1.13. The first-order valence-electron chi connectivity index (χ1n) is 9.02. The quantitative estimate of drug-likeness (QED) is 0.396. The molecule has 1 heterocycles. The van der Waals surface area contributed by atoms with E-state index in [4.69, 9.17) is 9.47 Å². The number of carbonyl (C=O) groups is 1. The van der Waals surface area contributed by atoms with Gasteiger partial charge < -0.3 is 35.0 Å². The molecule has 8 nitrogen and oxygen atoms in total. The lowest BCUT2D eigenvalue weighted by Crippen LogP contribution is -2.59. The summed E-state index contributed by atoms with van der Waals surface area (Å²) in [7, 11) is 0. The van der Waals surface area contributed by atoms with Crippen molar-refractivity contribution < 1.29 is 39.8 Å². The monoisotopic (exact) mass is 386 g/mol. The number of carbonyl (C=O) groups excluding carboxylic acids is 1. The van der Waals surface area contributed by atoms with Crippen LogP contribution >= 0.6 is 0 Å². The number of allylic oxidation sites excluding steroid dienone is 1. The van der Waals surface area contributed by atoms with Gasteiger partial charge in [-0.2, -0.15) is 0 Å². The summed E-state index contributed by atoms with van der Waals surface area (Å²) in [6, 6.07) is 0. The molecule has 2 aliphatic rings. The maximum absolute atomic E-state index is 11.8. The van der Waals surface area contributed by atoms with E-state index in [1.54, 1.807) is 39.8 Å². The molecule has 0 bridgehead atoms. The Bertz CT molecular complexity index is 611. The van der Waals surface area contributed by atoms with Gasteiger partial charge in [-0.15, -0.1) is 0 Å². The minimum atomic E-state index is -1.52. The van der Waals surface area contributed by atoms with Crippen LogP contribution in [0.15, 0.2) is 23.8 Å². The molecule has 7 atom stereocenters. The molecule has 1 saturated heterocycles. The van der Waals surface area contributed by atoms with Crippen LogP contribution in [0.2, 0.25) is 0 Å². The van der Waals surface area contributed by atoms with Crippen LogP contribution in [0.5, 0.6) is 0 Å². The first-order valence-corrected chi connectivity index (χ1v) is 9.02. The number of aliphatic hydroxyl groups is 5. The number of ketones is 1. The summed E-state index contributed by atoms with van der Waals surface area (Å²) in [4.78, 5) is 11.8. The van der Waals surface area contributed by atoms with Crippen molar-refractivity contribution in [3.05, 3.63) is 23.8 Å². The second kappa shape index (κ2) is 8.08. The van der Waals surface area contributed by atoms with Gasteiger partial charge in [-0.3, -0.25) is 4.79 Å². The summed E-state index contributed by atoms with van der Waals surface area (Å²) < 4.78 is 10.9. The first kappa shape index (κ1) is 22.2. The van der Waals surface area contributed by atoms with Crippen LogP contribution in [-0.4, -0.2) is 80.3 Å². The molecule has 0 saturated carbocycles. The predicted molar refractivity (Wildman–Crippen MR) is 95.6 cm³/mol. The standard InChI is InChI=1S/C19H30O8/c1-10-7-12(21)8-18(3,4)19(10,25)6-5-11(2)26-17-16(24)15(23)14(22)13(9-20)27-17/h5-7,11,13-17,20,22-25H,8-9H2,1-4H3/b6-5+/t11-,13+,14+,15-,16+,17+,19+/m1/s1. The first-order chi connectivity index (χ1) is 12.4. The molecule has 154 valence electrons. The lowest BCUT2D eigenvalue weighted by atomic mass is 9.64. The van der Waals surface area contributed by atoms with Crippen LogP contribution in [0.25, 0.3) is 0 Å². The Labute approximate surface area is 158 Å². The molecule has 1 aliphatic carbocycles. The molecule has 0 aromatic carbocycles. The topological polar surface area (TPSA) is 137 Å². The van der Waals surface area contributed by atoms with Gasteiger partial charge in [-0.05, 0) is 31.6 Å². The molecule has 27 heavy (non-hydrogen) atoms. The summed E-state index contributed by atoms with van der Waals surface area (Å²) in [5.41, 5.74) is -1.52. The zero-order valence-corrected chi connectivity index (χ0v) is 16.1. The Morgan fingerprint density at radius 3 is 2.48 bits per heavy atom. The highest BCUT2D eigenvalue weighted by atomic mass is 16.7. The molecule has 0 unspecified atom stereocenters. The Kier molecular flexibility index (Phi) is 6.63. The lowest BCUT2D eigenvalue weighted by molar-refractivity contribution is -0.306. The van der Waals surface area contributed by atoms with Crippen molar-refractivity contribution in [3.8, 4) is 0 Å². The van der Waals surface area contributed by atoms with Crippen molar-refractivity contribution in [2.24, 2.45) is 5.41 Å². The maximum atomic E-state index is 11.8. The highest BCUT2D eigenvalue weighted by Crippen LogP contribution is 2.44. The van der Waals surface area contributed by atoms with Gasteiger partial charge in [0.05, 0.1) is 12.7 Å². The van der Waals surface area contributed by atoms with Crippen LogP contribution in [0.4, 0.5) is 0 Å². The minimum Gasteiger partial charge on any atom is -0.394 e. The molecular formula is C19H30O8. The number of hydrogen-bond acceptors (Lipinski definition) is 8. The molecule has 1 fully saturated rings. The second-order valence-corrected chi connectivity index (χ2v) is 8.02. The van der Waals surface area contributed by atoms with E-state index in [0.717, 1.165) is 0 Å². The van der Waals surface area contributed by atoms with E-state index in [1.165, 1.54) is 6.08 Å². The summed E-state index contributed by atoms with van der Waals surface area (Å²) >= 11 is 0. The molecule has 0 aromatic heterocycles. The van der Waals surface area contributed by atoms with Gasteiger partial charge in [0.15, 0.2) is 12.1 Å². The average molecular weight is 386 g/mol. The smallest absolute Gasteiger partial charge is 0.187 e. The van der Waals surface area contributed by atoms with Crippen molar-refractivity contribution in [2.75, 3.05) is 6.61 Å². The lowest BCUT2D eigenvalue weighted by Gasteiger charge is -2.44. The number of hydrogen-bond donors (Lipinski definition) is 5. The van der Waals surface area contributed by atoms with Gasteiger partial charge in [0.1, 0.15) is 30.0 Å². The third kappa shape index (κ3) is 4.32. The highest BCUT2D eigenvalue weighted by Gasteiger charge is 2.47. The Balaban J connectivity index is 2.11. The van der Waals surface area contributed by atoms with Crippen LogP contribution in [-0.2, 0) is 14.3 Å². The SMILES string of the molecule is CC1=CC(=O)CC(C)(C)[C@]1(O)/C=C/[C@@H](C)O[C@H]1O[C@@H](CO)[C@H](O)[C@@H](O)[C@@H]1O. The van der Waals surface area contributed by atoms with Crippen LogP contribution in [0.3, 0.4) is 0 Å². The Morgan fingerprint density at radius 1 is 1.30 bits per heavy atom. The van der Waals surface area contributed by atoms with E-state index in [0.29, 0.717) is 5.57 Å². The van der Waals surface area contributed by atoms with Gasteiger partial charge in [-0.25, -0.2) is 0 Å². The van der Waals surface area contributed by atoms with E-state index >= 15 is 0 Å². The predicted octanol–water partition coefficient (Wildman–Crippen LogP) is -0.576. The van der Waals surface area contributed by atoms with Gasteiger partial charge in [0.2, 0.25) is 0 Å². The van der Waals surface area contributed by atoms with E-state index < -0.39 is 54.4 Å². The zero-order chi connectivity index (χ0) is 20.6. The molecule has 8 heteroatoms. The Morgan fingerprint density at radius 2 is 1.93 bits per heavy atom. The third-order valence-corrected chi connectivity index (χ3v) is 5.43. The van der Waals surface area contributed by atoms with Crippen LogP contribution in [0.1, 0.15) is 34.1 Å². The molecule has 5 N–H and O–H groups in total. The fraction of sp³-hybridized carbons (Fsp3) is 0.737. The van der Waals surface area contributed by atoms with Crippen molar-refractivity contribution in [1.82, 2.24) is 0 Å². The van der Waals surface area contributed by atoms with E-state index in [9.17, 15) is 30.3 Å². The highest BCUT2D eigenvalue weighted by molar-refractivity contribution is 5.92. The fourth-order valence-electron chi connectivity index (χ4n) is 3.58. The van der Waals surface area contributed by atoms with Gasteiger partial charge >= 0.3 is 0 Å². The molecule has 0 amide bonds. The van der Waals surface area contributed by atoms with Crippen molar-refractivity contribution >= 4 is 5.78 Å². The van der Waals surface area contributed by atoms with Gasteiger partial charge in [0, 0.05) is 11.8 Å². The van der Waals surface area contributed by atoms with E-state index in [2.05, 4.69) is 0 Å². The normalized spacial score (nSPS) is 40.9. The summed E-state index contributed by atoms with van der Waals surface area (Å²) in [5.74, 6) is -0.0406. The summed E-state index contributed by atoms with van der Waals surface area (Å²) in [6.07, 6.45) is -2.64. The van der Waals surface area contributed by atoms with Crippen molar-refractivity contribution in [3.63, 3.8) is 0 Å². The molecule has 0 aromatic rings. The fourth-order valence-corrected chi connectivity index (χ4v) is 3.58. The number of aliphatic hydroxyl groups excluding tert-OH is 4. The number of rotatable bonds is 5. The van der Waals surface area contributed by atoms with Crippen molar-refractivity contribution in [2.45, 2.75) is 76.5 Å². The van der Waals surface area contributed by atoms with Crippen molar-refractivity contribution in [1.29, 1.82) is 0 Å². The van der Waals surface area contributed by atoms with Gasteiger partial charge in [0.25, 0.3) is 0 Å². The van der Waals surface area contributed by atoms with E-state index in [1.807, 2.05) is 0 Å². The number of ether oxygens (including phenoxy) is 2. The molecule has 0 radical (unpaired) electrons. The van der Waals surface area contributed by atoms with Crippen LogP contribution in [0, 0.1) is 5.41 Å². The van der Waals surface area contributed by atoms with Crippen LogP contribution < -0.4 is 0 Å². The minimum absolute atomic E-state index is 0.0406. The largest absolute Gasteiger partial charge is 0.394 e. The average Bonchev–Trinajstić information content (AvgIpc) is 2.58. The molecule has 0 spiro atoms. The third-order valence-electron chi connectivity index (χ3n) is 5.43. The molecule has 2 rings (SSSR count). The molecule has 1 aliphatic heterocycles. The van der Waals surface area contributed by atoms with Gasteiger partial charge in [-0.1, -0.05) is 19.9 Å². The summed E-state index contributed by atoms with van der Waals surface area (Å²) in [5, 5.41) is 50.0.